The Morgan fingerprint density at radius 1 is 0.710 bits per heavy atom. The lowest BCUT2D eigenvalue weighted by Gasteiger charge is -2.56. The fraction of sp³-hybridized carbons (Fsp3) is 1.00. The van der Waals surface area contributed by atoms with Crippen molar-refractivity contribution in [3.05, 3.63) is 0 Å². The monoisotopic (exact) mass is 437 g/mol. The highest BCUT2D eigenvalue weighted by molar-refractivity contribution is 5.04. The van der Waals surface area contributed by atoms with E-state index >= 15 is 0 Å². The predicted molar refractivity (Wildman–Crippen MR) is 133 cm³/mol. The molecule has 4 N–H and O–H groups in total. The lowest BCUT2D eigenvalue weighted by atomic mass is 9.49. The third kappa shape index (κ3) is 5.35. The molecule has 2 saturated carbocycles. The molecule has 2 aliphatic rings. The van der Waals surface area contributed by atoms with Gasteiger partial charge < -0.3 is 15.9 Å². The number of hydrogen-bond donors (Lipinski definition) is 3. The van der Waals surface area contributed by atoms with Crippen LogP contribution in [-0.2, 0) is 0 Å². The van der Waals surface area contributed by atoms with Gasteiger partial charge in [-0.15, -0.1) is 0 Å². The molecule has 5 unspecified atom stereocenters. The average molecular weight is 438 g/mol. The van der Waals surface area contributed by atoms with E-state index in [1.165, 1.54) is 57.8 Å². The minimum absolute atomic E-state index is 0.0139. The molecule has 0 aromatic carbocycles. The maximum absolute atomic E-state index is 11.1. The molecule has 0 spiro atoms. The van der Waals surface area contributed by atoms with Crippen molar-refractivity contribution in [2.24, 2.45) is 27.4 Å². The van der Waals surface area contributed by atoms with Crippen LogP contribution in [0.5, 0.6) is 0 Å². The molecule has 0 heterocycles. The van der Waals surface area contributed by atoms with Gasteiger partial charge in [-0.3, -0.25) is 0 Å². The quantitative estimate of drug-likeness (QED) is 0.381. The van der Waals surface area contributed by atoms with Crippen LogP contribution in [-0.4, -0.2) is 21.5 Å². The van der Waals surface area contributed by atoms with E-state index in [1.807, 2.05) is 20.8 Å². The largest absolute Gasteiger partial charge is 0.390 e. The summed E-state index contributed by atoms with van der Waals surface area (Å²) >= 11 is 0. The normalized spacial score (nSPS) is 40.5. The van der Waals surface area contributed by atoms with E-state index in [4.69, 9.17) is 5.73 Å². The summed E-state index contributed by atoms with van der Waals surface area (Å²) in [5, 5.41) is 21.9. The molecule has 3 nitrogen and oxygen atoms in total. The van der Waals surface area contributed by atoms with E-state index in [2.05, 4.69) is 27.7 Å². The van der Waals surface area contributed by atoms with Crippen molar-refractivity contribution in [2.75, 3.05) is 0 Å². The predicted octanol–water partition coefficient (Wildman–Crippen LogP) is 7.33. The highest BCUT2D eigenvalue weighted by Gasteiger charge is 2.53. The fourth-order valence-electron chi connectivity index (χ4n) is 7.40. The molecule has 0 aromatic heterocycles. The number of nitrogens with two attached hydrogens (primary N) is 1. The summed E-state index contributed by atoms with van der Waals surface area (Å²) in [7, 11) is 0. The number of unbranched alkanes of at least 4 members (excludes halogenated alkanes) is 1. The Balaban J connectivity index is 2.46. The van der Waals surface area contributed by atoms with Crippen LogP contribution < -0.4 is 5.73 Å². The standard InChI is InChI=1S/C28H55NO2/c1-8-10-17-28-20-13-16-25(6,26(7,29)31)15-12-19-27(28,9-2)18-11-14-24(5,21-22-28)23(3,4)30/h30-31H,8-22,29H2,1-7H3. The van der Waals surface area contributed by atoms with Gasteiger partial charge in [0.1, 0.15) is 5.72 Å². The molecule has 2 rings (SSSR count). The zero-order valence-corrected chi connectivity index (χ0v) is 22.1. The summed E-state index contributed by atoms with van der Waals surface area (Å²) in [6, 6.07) is 0. The molecule has 2 aliphatic carbocycles. The maximum Gasteiger partial charge on any atom is 0.116 e. The van der Waals surface area contributed by atoms with Crippen molar-refractivity contribution in [3.8, 4) is 0 Å². The van der Waals surface area contributed by atoms with Gasteiger partial charge in [0.15, 0.2) is 0 Å². The first-order valence-corrected chi connectivity index (χ1v) is 13.4. The zero-order valence-electron chi connectivity index (χ0n) is 22.1. The molecular formula is C28H55NO2. The van der Waals surface area contributed by atoms with Crippen LogP contribution in [0.25, 0.3) is 0 Å². The summed E-state index contributed by atoms with van der Waals surface area (Å²) in [4.78, 5) is 0. The van der Waals surface area contributed by atoms with Crippen LogP contribution in [0.4, 0.5) is 0 Å². The second-order valence-corrected chi connectivity index (χ2v) is 12.9. The van der Waals surface area contributed by atoms with Crippen molar-refractivity contribution < 1.29 is 10.2 Å². The van der Waals surface area contributed by atoms with Crippen LogP contribution in [0.15, 0.2) is 0 Å². The molecule has 0 aliphatic heterocycles. The molecular weight excluding hydrogens is 382 g/mol. The van der Waals surface area contributed by atoms with E-state index in [0.29, 0.717) is 10.8 Å². The second kappa shape index (κ2) is 9.63. The van der Waals surface area contributed by atoms with Crippen molar-refractivity contribution in [3.63, 3.8) is 0 Å². The minimum atomic E-state index is -1.12. The Morgan fingerprint density at radius 3 is 1.61 bits per heavy atom. The number of hydrogen-bond acceptors (Lipinski definition) is 3. The van der Waals surface area contributed by atoms with E-state index < -0.39 is 11.3 Å². The van der Waals surface area contributed by atoms with Gasteiger partial charge >= 0.3 is 0 Å². The van der Waals surface area contributed by atoms with Gasteiger partial charge in [0.25, 0.3) is 0 Å². The number of rotatable bonds is 6. The Hall–Kier alpha value is -0.120. The third-order valence-corrected chi connectivity index (χ3v) is 10.8. The molecule has 0 saturated heterocycles. The Kier molecular flexibility index (Phi) is 8.42. The van der Waals surface area contributed by atoms with Gasteiger partial charge in [-0.1, -0.05) is 59.8 Å². The average Bonchev–Trinajstić information content (AvgIpc) is 2.70. The number of fused-ring (bicyclic) bond motifs is 1. The molecule has 0 bridgehead atoms. The molecule has 0 aromatic rings. The van der Waals surface area contributed by atoms with Gasteiger partial charge in [-0.25, -0.2) is 0 Å². The first-order chi connectivity index (χ1) is 14.2. The smallest absolute Gasteiger partial charge is 0.116 e. The number of aliphatic hydroxyl groups is 2. The SMILES string of the molecule is CCCCC12CCCC(C)(C(C)(N)O)CCCC1(CC)CCCC(C)(C(C)(C)O)CC2. The first kappa shape index (κ1) is 27.1. The van der Waals surface area contributed by atoms with E-state index in [0.717, 1.165) is 38.5 Å². The Labute approximate surface area is 194 Å². The third-order valence-electron chi connectivity index (χ3n) is 10.8. The Bertz CT molecular complexity index is 577. The summed E-state index contributed by atoms with van der Waals surface area (Å²) in [6.45, 7) is 15.2. The van der Waals surface area contributed by atoms with Gasteiger partial charge in [0.05, 0.1) is 5.60 Å². The molecule has 0 radical (unpaired) electrons. The topological polar surface area (TPSA) is 66.5 Å². The molecule has 2 fully saturated rings. The molecule has 5 atom stereocenters. The van der Waals surface area contributed by atoms with Gasteiger partial charge in [0.2, 0.25) is 0 Å². The highest BCUT2D eigenvalue weighted by atomic mass is 16.3. The van der Waals surface area contributed by atoms with Gasteiger partial charge in [-0.2, -0.15) is 0 Å². The lowest BCUT2D eigenvalue weighted by molar-refractivity contribution is -0.0987. The van der Waals surface area contributed by atoms with Crippen molar-refractivity contribution >= 4 is 0 Å². The van der Waals surface area contributed by atoms with Crippen LogP contribution in [0.2, 0.25) is 0 Å². The van der Waals surface area contributed by atoms with Crippen molar-refractivity contribution in [2.45, 2.75) is 156 Å². The van der Waals surface area contributed by atoms with Crippen LogP contribution in [0.1, 0.15) is 145 Å². The summed E-state index contributed by atoms with van der Waals surface area (Å²) in [6.07, 6.45) is 17.9. The molecule has 0 amide bonds. The van der Waals surface area contributed by atoms with Crippen molar-refractivity contribution in [1.29, 1.82) is 0 Å². The summed E-state index contributed by atoms with van der Waals surface area (Å²) in [5.74, 6) is 0. The second-order valence-electron chi connectivity index (χ2n) is 12.9. The molecule has 31 heavy (non-hydrogen) atoms. The van der Waals surface area contributed by atoms with Crippen LogP contribution >= 0.6 is 0 Å². The van der Waals surface area contributed by atoms with Gasteiger partial charge in [-0.05, 0) is 101 Å². The lowest BCUT2D eigenvalue weighted by Crippen LogP contribution is -2.51. The molecule has 3 heteroatoms. The van der Waals surface area contributed by atoms with E-state index in [-0.39, 0.29) is 10.8 Å². The first-order valence-electron chi connectivity index (χ1n) is 13.4. The molecule has 184 valence electrons. The van der Waals surface area contributed by atoms with Crippen LogP contribution in [0, 0.1) is 21.7 Å². The maximum atomic E-state index is 11.1. The summed E-state index contributed by atoms with van der Waals surface area (Å²) < 4.78 is 0. The van der Waals surface area contributed by atoms with Gasteiger partial charge in [0, 0.05) is 5.41 Å². The minimum Gasteiger partial charge on any atom is -0.390 e. The zero-order chi connectivity index (χ0) is 23.6. The highest BCUT2D eigenvalue weighted by Crippen LogP contribution is 2.62. The summed E-state index contributed by atoms with van der Waals surface area (Å²) in [5.41, 5.74) is 5.04. The van der Waals surface area contributed by atoms with Crippen LogP contribution in [0.3, 0.4) is 0 Å². The fourth-order valence-corrected chi connectivity index (χ4v) is 7.40. The Morgan fingerprint density at radius 2 is 1.19 bits per heavy atom. The van der Waals surface area contributed by atoms with E-state index in [1.54, 1.807) is 0 Å². The van der Waals surface area contributed by atoms with E-state index in [9.17, 15) is 10.2 Å². The van der Waals surface area contributed by atoms with Crippen molar-refractivity contribution in [1.82, 2.24) is 0 Å².